The highest BCUT2D eigenvalue weighted by Crippen LogP contribution is 2.42. The van der Waals surface area contributed by atoms with E-state index in [1.54, 1.807) is 30.3 Å². The number of benzene rings is 2. The van der Waals surface area contributed by atoms with E-state index in [0.29, 0.717) is 5.75 Å². The number of halogens is 2. The number of nitrogens with one attached hydrogen (secondary N) is 1. The number of alkyl halides is 2. The van der Waals surface area contributed by atoms with Crippen LogP contribution < -0.4 is 19.5 Å². The van der Waals surface area contributed by atoms with Crippen molar-refractivity contribution >= 4 is 5.91 Å². The summed E-state index contributed by atoms with van der Waals surface area (Å²) in [6, 6.07) is 11.3. The van der Waals surface area contributed by atoms with Crippen LogP contribution in [0.4, 0.5) is 8.78 Å². The maximum absolute atomic E-state index is 13.1. The van der Waals surface area contributed by atoms with Crippen LogP contribution in [0, 0.1) is 0 Å². The van der Waals surface area contributed by atoms with Crippen molar-refractivity contribution in [3.63, 3.8) is 0 Å². The normalized spacial score (nSPS) is 16.4. The number of carbonyl (C=O) groups excluding carboxylic acids is 1. The molecular formula is C18H17F2NO6. The fraction of sp³-hybridized carbons (Fsp3) is 0.278. The summed E-state index contributed by atoms with van der Waals surface area (Å²) in [4.78, 5) is 12.0. The van der Waals surface area contributed by atoms with Crippen molar-refractivity contribution in [1.82, 2.24) is 5.32 Å². The SMILES string of the molecule is O=C(COc1ccccc1)N[C@H](CO)[C@H](O)c1ccc2c(c1)OC(F)(F)O2. The lowest BCUT2D eigenvalue weighted by Gasteiger charge is -2.22. The number of fused-ring (bicyclic) bond motifs is 1. The lowest BCUT2D eigenvalue weighted by atomic mass is 10.0. The van der Waals surface area contributed by atoms with E-state index in [4.69, 9.17) is 4.74 Å². The zero-order chi connectivity index (χ0) is 19.4. The van der Waals surface area contributed by atoms with Crippen molar-refractivity contribution in [1.29, 1.82) is 0 Å². The van der Waals surface area contributed by atoms with Gasteiger partial charge in [0.15, 0.2) is 18.1 Å². The van der Waals surface area contributed by atoms with Crippen molar-refractivity contribution in [3.05, 3.63) is 54.1 Å². The van der Waals surface area contributed by atoms with E-state index in [-0.39, 0.29) is 23.7 Å². The molecule has 0 saturated carbocycles. The number of aliphatic hydroxyl groups excluding tert-OH is 2. The maximum Gasteiger partial charge on any atom is 0.586 e. The second-order valence-electron chi connectivity index (χ2n) is 5.78. The number of carbonyl (C=O) groups is 1. The van der Waals surface area contributed by atoms with E-state index in [2.05, 4.69) is 14.8 Å². The Bertz CT molecular complexity index is 802. The first-order valence-electron chi connectivity index (χ1n) is 8.04. The van der Waals surface area contributed by atoms with Crippen LogP contribution in [0.1, 0.15) is 11.7 Å². The van der Waals surface area contributed by atoms with Crippen molar-refractivity contribution < 1.29 is 38.0 Å². The van der Waals surface area contributed by atoms with Gasteiger partial charge in [-0.1, -0.05) is 24.3 Å². The Balaban J connectivity index is 1.61. The molecule has 1 aliphatic heterocycles. The van der Waals surface area contributed by atoms with Crippen molar-refractivity contribution in [2.45, 2.75) is 18.4 Å². The molecule has 0 aliphatic carbocycles. The minimum Gasteiger partial charge on any atom is -0.484 e. The number of rotatable bonds is 7. The van der Waals surface area contributed by atoms with Gasteiger partial charge in [-0.05, 0) is 29.8 Å². The van der Waals surface area contributed by atoms with E-state index >= 15 is 0 Å². The van der Waals surface area contributed by atoms with E-state index in [1.165, 1.54) is 12.1 Å². The first-order chi connectivity index (χ1) is 12.9. The molecule has 1 heterocycles. The van der Waals surface area contributed by atoms with Crippen LogP contribution in [0.2, 0.25) is 0 Å². The number of ether oxygens (including phenoxy) is 3. The van der Waals surface area contributed by atoms with E-state index in [9.17, 15) is 23.8 Å². The largest absolute Gasteiger partial charge is 0.586 e. The Morgan fingerprint density at radius 1 is 1.15 bits per heavy atom. The van der Waals surface area contributed by atoms with Gasteiger partial charge in [-0.2, -0.15) is 0 Å². The molecule has 2 atom stereocenters. The average Bonchev–Trinajstić information content (AvgIpc) is 2.97. The quantitative estimate of drug-likeness (QED) is 0.674. The Hall–Kier alpha value is -2.91. The summed E-state index contributed by atoms with van der Waals surface area (Å²) in [6.45, 7) is -0.899. The number of amides is 1. The summed E-state index contributed by atoms with van der Waals surface area (Å²) in [7, 11) is 0. The van der Waals surface area contributed by atoms with Gasteiger partial charge in [0.25, 0.3) is 5.91 Å². The molecule has 3 rings (SSSR count). The van der Waals surface area contributed by atoms with Crippen LogP contribution in [-0.2, 0) is 4.79 Å². The average molecular weight is 381 g/mol. The van der Waals surface area contributed by atoms with Gasteiger partial charge in [0, 0.05) is 0 Å². The molecule has 3 N–H and O–H groups in total. The molecule has 9 heteroatoms. The van der Waals surface area contributed by atoms with E-state index in [0.717, 1.165) is 6.07 Å². The molecule has 0 radical (unpaired) electrons. The van der Waals surface area contributed by atoms with Gasteiger partial charge in [-0.3, -0.25) is 4.79 Å². The predicted octanol–water partition coefficient (Wildman–Crippen LogP) is 1.60. The molecule has 0 unspecified atom stereocenters. The van der Waals surface area contributed by atoms with Gasteiger partial charge in [0.2, 0.25) is 0 Å². The molecule has 0 saturated heterocycles. The van der Waals surface area contributed by atoms with Gasteiger partial charge in [0.1, 0.15) is 11.9 Å². The van der Waals surface area contributed by atoms with Crippen LogP contribution in [0.5, 0.6) is 17.2 Å². The third-order valence-electron chi connectivity index (χ3n) is 3.80. The van der Waals surface area contributed by atoms with Gasteiger partial charge in [0.05, 0.1) is 12.6 Å². The number of aliphatic hydroxyl groups is 2. The third kappa shape index (κ3) is 4.63. The molecule has 27 heavy (non-hydrogen) atoms. The van der Waals surface area contributed by atoms with Crippen LogP contribution in [-0.4, -0.2) is 41.7 Å². The number of hydrogen-bond donors (Lipinski definition) is 3. The Morgan fingerprint density at radius 2 is 1.85 bits per heavy atom. The van der Waals surface area contributed by atoms with E-state index < -0.39 is 31.0 Å². The Labute approximate surface area is 153 Å². The minimum atomic E-state index is -3.77. The second-order valence-corrected chi connectivity index (χ2v) is 5.78. The summed E-state index contributed by atoms with van der Waals surface area (Å²) in [5.41, 5.74) is 0.165. The van der Waals surface area contributed by atoms with Gasteiger partial charge >= 0.3 is 6.29 Å². The molecular weight excluding hydrogens is 364 g/mol. The van der Waals surface area contributed by atoms with Gasteiger partial charge in [-0.15, -0.1) is 8.78 Å². The van der Waals surface area contributed by atoms with Crippen LogP contribution in [0.3, 0.4) is 0 Å². The summed E-state index contributed by atoms with van der Waals surface area (Å²) >= 11 is 0. The van der Waals surface area contributed by atoms with Crippen LogP contribution >= 0.6 is 0 Å². The van der Waals surface area contributed by atoms with Crippen molar-refractivity contribution in [2.75, 3.05) is 13.2 Å². The lowest BCUT2D eigenvalue weighted by Crippen LogP contribution is -2.43. The fourth-order valence-electron chi connectivity index (χ4n) is 2.52. The van der Waals surface area contributed by atoms with Gasteiger partial charge < -0.3 is 29.7 Å². The molecule has 144 valence electrons. The highest BCUT2D eigenvalue weighted by molar-refractivity contribution is 5.78. The highest BCUT2D eigenvalue weighted by Gasteiger charge is 2.43. The monoisotopic (exact) mass is 381 g/mol. The number of hydrogen-bond acceptors (Lipinski definition) is 6. The summed E-state index contributed by atoms with van der Waals surface area (Å²) in [5, 5.41) is 22.3. The van der Waals surface area contributed by atoms with Crippen LogP contribution in [0.25, 0.3) is 0 Å². The van der Waals surface area contributed by atoms with Crippen molar-refractivity contribution in [3.8, 4) is 17.2 Å². The molecule has 0 spiro atoms. The maximum atomic E-state index is 13.1. The Morgan fingerprint density at radius 3 is 2.56 bits per heavy atom. The van der Waals surface area contributed by atoms with Gasteiger partial charge in [-0.25, -0.2) is 0 Å². The molecule has 1 amide bonds. The van der Waals surface area contributed by atoms with Crippen LogP contribution in [0.15, 0.2) is 48.5 Å². The molecule has 0 fully saturated rings. The topological polar surface area (TPSA) is 97.3 Å². The summed E-state index contributed by atoms with van der Waals surface area (Å²) in [5.74, 6) is -0.488. The standard InChI is InChI=1S/C18H17F2NO6/c19-18(20)26-14-7-6-11(8-15(14)27-18)17(24)13(9-22)21-16(23)10-25-12-4-2-1-3-5-12/h1-8,13,17,22,24H,9-10H2,(H,21,23)/t13-,17-/m1/s1. The summed E-state index contributed by atoms with van der Waals surface area (Å²) in [6.07, 6.45) is -5.13. The molecule has 0 bridgehead atoms. The first kappa shape index (κ1) is 18.9. The zero-order valence-corrected chi connectivity index (χ0v) is 14.0. The Kier molecular flexibility index (Phi) is 5.43. The number of para-hydroxylation sites is 1. The molecule has 2 aromatic carbocycles. The van der Waals surface area contributed by atoms with Crippen molar-refractivity contribution in [2.24, 2.45) is 0 Å². The lowest BCUT2D eigenvalue weighted by molar-refractivity contribution is -0.286. The summed E-state index contributed by atoms with van der Waals surface area (Å²) < 4.78 is 40.0. The zero-order valence-electron chi connectivity index (χ0n) is 14.0. The highest BCUT2D eigenvalue weighted by atomic mass is 19.3. The third-order valence-corrected chi connectivity index (χ3v) is 3.80. The molecule has 1 aliphatic rings. The fourth-order valence-corrected chi connectivity index (χ4v) is 2.52. The van der Waals surface area contributed by atoms with E-state index in [1.807, 2.05) is 0 Å². The molecule has 7 nitrogen and oxygen atoms in total. The minimum absolute atomic E-state index is 0.165. The smallest absolute Gasteiger partial charge is 0.484 e. The first-order valence-corrected chi connectivity index (χ1v) is 8.04. The predicted molar refractivity (Wildman–Crippen MR) is 88.6 cm³/mol. The molecule has 0 aromatic heterocycles. The second kappa shape index (κ2) is 7.77. The molecule has 2 aromatic rings.